The number of hydrogen-bond donors (Lipinski definition) is 2. The number of alkyl halides is 3. The molecule has 0 unspecified atom stereocenters. The first-order valence-corrected chi connectivity index (χ1v) is 13.0. The highest BCUT2D eigenvalue weighted by Gasteiger charge is 2.31. The van der Waals surface area contributed by atoms with Crippen LogP contribution in [0.2, 0.25) is 5.02 Å². The van der Waals surface area contributed by atoms with Gasteiger partial charge in [0.1, 0.15) is 11.5 Å². The molecule has 1 aliphatic rings. The van der Waals surface area contributed by atoms with Gasteiger partial charge in [-0.3, -0.25) is 9.59 Å². The highest BCUT2D eigenvalue weighted by molar-refractivity contribution is 8.00. The number of carbonyl (C=O) groups is 1. The molecule has 10 heteroatoms. The minimum absolute atomic E-state index is 0.0217. The molecule has 0 bridgehead atoms. The van der Waals surface area contributed by atoms with Crippen molar-refractivity contribution < 1.29 is 23.1 Å². The van der Waals surface area contributed by atoms with E-state index in [1.165, 1.54) is 24.3 Å². The van der Waals surface area contributed by atoms with Crippen molar-refractivity contribution in [2.45, 2.75) is 37.3 Å². The Morgan fingerprint density at radius 2 is 1.92 bits per heavy atom. The Kier molecular flexibility index (Phi) is 8.02. The van der Waals surface area contributed by atoms with Crippen LogP contribution in [0, 0.1) is 5.92 Å². The van der Waals surface area contributed by atoms with E-state index in [9.17, 15) is 27.9 Å². The molecule has 1 fully saturated rings. The van der Waals surface area contributed by atoms with Crippen LogP contribution >= 0.6 is 23.4 Å². The van der Waals surface area contributed by atoms with Crippen molar-refractivity contribution in [1.29, 1.82) is 0 Å². The molecule has 5 nitrogen and oxygen atoms in total. The molecule has 3 aromatic rings. The Balaban J connectivity index is 1.68. The maximum atomic E-state index is 13.5. The molecule has 2 heterocycles. The van der Waals surface area contributed by atoms with Crippen LogP contribution in [0.3, 0.4) is 0 Å². The van der Waals surface area contributed by atoms with Gasteiger partial charge in [0.05, 0.1) is 16.2 Å². The van der Waals surface area contributed by atoms with Gasteiger partial charge < -0.3 is 15.0 Å². The summed E-state index contributed by atoms with van der Waals surface area (Å²) in [5.41, 5.74) is -1.04. The Morgan fingerprint density at radius 1 is 1.19 bits per heavy atom. The summed E-state index contributed by atoms with van der Waals surface area (Å²) in [4.78, 5) is 30.6. The SMILES string of the molecule is CC1CCN(CCC(=O)CSc2c(-c3cc(Cl)ccc3O)c3cc(C(F)(F)F)ccc3[nH]c2=O)CC1. The fraction of sp³-hybridized carbons (Fsp3) is 0.385. The number of piperidine rings is 1. The monoisotopic (exact) mass is 538 g/mol. The number of thioether (sulfide) groups is 1. The van der Waals surface area contributed by atoms with Crippen molar-refractivity contribution in [2.75, 3.05) is 25.4 Å². The van der Waals surface area contributed by atoms with Gasteiger partial charge in [0.2, 0.25) is 0 Å². The number of phenols is 1. The van der Waals surface area contributed by atoms with Crippen LogP contribution in [0.5, 0.6) is 5.75 Å². The number of halogens is 4. The van der Waals surface area contributed by atoms with Crippen LogP contribution in [-0.4, -0.2) is 46.2 Å². The van der Waals surface area contributed by atoms with E-state index in [0.29, 0.717) is 18.9 Å². The molecule has 0 aliphatic carbocycles. The molecular formula is C26H26ClF3N2O3S. The second kappa shape index (κ2) is 10.9. The van der Waals surface area contributed by atoms with Gasteiger partial charge in [0.15, 0.2) is 0 Å². The number of ketones is 1. The highest BCUT2D eigenvalue weighted by Crippen LogP contribution is 2.42. The third-order valence-corrected chi connectivity index (χ3v) is 7.87. The smallest absolute Gasteiger partial charge is 0.416 e. The number of aromatic amines is 1. The van der Waals surface area contributed by atoms with Gasteiger partial charge in [-0.25, -0.2) is 0 Å². The number of pyridine rings is 1. The lowest BCUT2D eigenvalue weighted by molar-refractivity contribution is -0.137. The molecule has 1 saturated heterocycles. The molecule has 0 spiro atoms. The van der Waals surface area contributed by atoms with E-state index in [2.05, 4.69) is 16.8 Å². The van der Waals surface area contributed by atoms with Crippen LogP contribution < -0.4 is 5.56 Å². The molecule has 0 radical (unpaired) electrons. The van der Waals surface area contributed by atoms with Gasteiger partial charge in [-0.05, 0) is 68.2 Å². The predicted octanol–water partition coefficient (Wildman–Crippen LogP) is 6.36. The molecule has 2 aromatic carbocycles. The molecule has 192 valence electrons. The summed E-state index contributed by atoms with van der Waals surface area (Å²) in [5, 5.41) is 10.9. The Bertz CT molecular complexity index is 1330. The van der Waals surface area contributed by atoms with Gasteiger partial charge in [0, 0.05) is 40.0 Å². The number of fused-ring (bicyclic) bond motifs is 1. The maximum Gasteiger partial charge on any atom is 0.416 e. The van der Waals surface area contributed by atoms with Gasteiger partial charge in [-0.2, -0.15) is 13.2 Å². The number of carbonyl (C=O) groups excluding carboxylic acids is 1. The Morgan fingerprint density at radius 3 is 2.61 bits per heavy atom. The molecule has 0 saturated carbocycles. The lowest BCUT2D eigenvalue weighted by Crippen LogP contribution is -2.34. The zero-order valence-corrected chi connectivity index (χ0v) is 21.2. The van der Waals surface area contributed by atoms with E-state index in [1.54, 1.807) is 0 Å². The van der Waals surface area contributed by atoms with Gasteiger partial charge >= 0.3 is 6.18 Å². The lowest BCUT2D eigenvalue weighted by atomic mass is 9.98. The molecule has 0 atom stereocenters. The van der Waals surface area contributed by atoms with E-state index >= 15 is 0 Å². The minimum Gasteiger partial charge on any atom is -0.507 e. The van der Waals surface area contributed by atoms with Crippen LogP contribution in [0.15, 0.2) is 46.1 Å². The van der Waals surface area contributed by atoms with Crippen LogP contribution in [-0.2, 0) is 11.0 Å². The quantitative estimate of drug-likeness (QED) is 0.343. The topological polar surface area (TPSA) is 73.4 Å². The first-order chi connectivity index (χ1) is 17.0. The Hall–Kier alpha value is -2.49. The summed E-state index contributed by atoms with van der Waals surface area (Å²) in [6, 6.07) is 7.16. The molecule has 36 heavy (non-hydrogen) atoms. The largest absolute Gasteiger partial charge is 0.507 e. The summed E-state index contributed by atoms with van der Waals surface area (Å²) in [5.74, 6) is 0.359. The van der Waals surface area contributed by atoms with Crippen LogP contribution in [0.25, 0.3) is 22.0 Å². The van der Waals surface area contributed by atoms with Crippen molar-refractivity contribution in [3.05, 3.63) is 57.3 Å². The maximum absolute atomic E-state index is 13.5. The number of Topliss-reactive ketones (excluding diaryl/α,β-unsaturated/α-hetero) is 1. The third-order valence-electron chi connectivity index (χ3n) is 6.49. The van der Waals surface area contributed by atoms with Gasteiger partial charge in [0.25, 0.3) is 5.56 Å². The summed E-state index contributed by atoms with van der Waals surface area (Å²) >= 11 is 7.08. The predicted molar refractivity (Wildman–Crippen MR) is 137 cm³/mol. The number of H-pyrrole nitrogens is 1. The first-order valence-electron chi connectivity index (χ1n) is 11.7. The molecular weight excluding hydrogens is 513 g/mol. The normalized spacial score (nSPS) is 15.5. The summed E-state index contributed by atoms with van der Waals surface area (Å²) in [7, 11) is 0. The second-order valence-electron chi connectivity index (χ2n) is 9.18. The number of aromatic nitrogens is 1. The highest BCUT2D eigenvalue weighted by atomic mass is 35.5. The number of phenolic OH excluding ortho intramolecular Hbond substituents is 1. The average molecular weight is 539 g/mol. The first kappa shape index (κ1) is 26.6. The number of benzene rings is 2. The molecule has 1 aromatic heterocycles. The summed E-state index contributed by atoms with van der Waals surface area (Å²) in [6.45, 7) is 4.75. The standard InChI is InChI=1S/C26H26ClF3N2O3S/c1-15-6-9-32(10-7-15)11-8-18(33)14-36-24-23(20-13-17(27)3-5-22(20)34)19-12-16(26(28,29)30)2-4-21(19)31-25(24)35/h2-5,12-13,15,34H,6-11,14H2,1H3,(H,31,35). The zero-order chi connectivity index (χ0) is 26.0. The number of hydrogen-bond acceptors (Lipinski definition) is 5. The van der Waals surface area contributed by atoms with E-state index in [0.717, 1.165) is 49.8 Å². The van der Waals surface area contributed by atoms with Gasteiger partial charge in [-0.15, -0.1) is 11.8 Å². The minimum atomic E-state index is -4.60. The fourth-order valence-corrected chi connectivity index (χ4v) is 5.53. The molecule has 4 rings (SSSR count). The van der Waals surface area contributed by atoms with E-state index in [-0.39, 0.29) is 49.2 Å². The molecule has 2 N–H and O–H groups in total. The number of nitrogens with one attached hydrogen (secondary N) is 1. The van der Waals surface area contributed by atoms with Crippen molar-refractivity contribution >= 4 is 40.0 Å². The fourth-order valence-electron chi connectivity index (χ4n) is 4.36. The van der Waals surface area contributed by atoms with Crippen molar-refractivity contribution in [1.82, 2.24) is 9.88 Å². The van der Waals surface area contributed by atoms with Crippen LogP contribution in [0.1, 0.15) is 31.7 Å². The third kappa shape index (κ3) is 6.07. The molecule has 1 aliphatic heterocycles. The van der Waals surface area contributed by atoms with Crippen molar-refractivity contribution in [3.8, 4) is 16.9 Å². The van der Waals surface area contributed by atoms with E-state index in [4.69, 9.17) is 11.6 Å². The zero-order valence-electron chi connectivity index (χ0n) is 19.6. The van der Waals surface area contributed by atoms with E-state index < -0.39 is 17.3 Å². The molecule has 0 amide bonds. The average Bonchev–Trinajstić information content (AvgIpc) is 2.83. The number of aromatic hydroxyl groups is 1. The van der Waals surface area contributed by atoms with E-state index in [1.807, 2.05) is 0 Å². The second-order valence-corrected chi connectivity index (χ2v) is 10.6. The number of likely N-dealkylation sites (tertiary alicyclic amines) is 1. The number of rotatable bonds is 7. The van der Waals surface area contributed by atoms with Crippen molar-refractivity contribution in [3.63, 3.8) is 0 Å². The summed E-state index contributed by atoms with van der Waals surface area (Å²) < 4.78 is 40.5. The Labute approximate surface area is 215 Å². The van der Waals surface area contributed by atoms with Crippen LogP contribution in [0.4, 0.5) is 13.2 Å². The van der Waals surface area contributed by atoms with Crippen molar-refractivity contribution in [2.24, 2.45) is 5.92 Å². The number of nitrogens with zero attached hydrogens (tertiary/aromatic N) is 1. The summed E-state index contributed by atoms with van der Waals surface area (Å²) in [6.07, 6.45) is -2.08. The van der Waals surface area contributed by atoms with Gasteiger partial charge in [-0.1, -0.05) is 18.5 Å². The lowest BCUT2D eigenvalue weighted by Gasteiger charge is -2.29.